The Balaban J connectivity index is 1.66. The second-order valence-corrected chi connectivity index (χ2v) is 14.2. The first kappa shape index (κ1) is 31.2. The SMILES string of the molecule is CCS(=O)(=O)c1ccc(Cl)cc1CNC(=O)c1cc(Br)c(CN2CC[C@@H](N(C)C(=O)OC(C)(C)C)C2)cc1N. The van der Waals surface area contributed by atoms with Gasteiger partial charge in [-0.2, -0.15) is 0 Å². The van der Waals surface area contributed by atoms with Crippen molar-refractivity contribution < 1.29 is 22.7 Å². The third-order valence-corrected chi connectivity index (χ3v) is 9.31. The number of hydrogen-bond donors (Lipinski definition) is 2. The number of nitrogens with zero attached hydrogens (tertiary/aromatic N) is 2. The van der Waals surface area contributed by atoms with E-state index in [4.69, 9.17) is 22.1 Å². The molecule has 0 unspecified atom stereocenters. The number of carbonyl (C=O) groups is 2. The number of likely N-dealkylation sites (tertiary alicyclic amines) is 1. The van der Waals surface area contributed by atoms with E-state index in [2.05, 4.69) is 26.1 Å². The molecule has 3 rings (SSSR count). The molecule has 0 bridgehead atoms. The van der Waals surface area contributed by atoms with Gasteiger partial charge < -0.3 is 20.7 Å². The molecule has 2 amide bonds. The number of rotatable bonds is 8. The first-order chi connectivity index (χ1) is 18.1. The van der Waals surface area contributed by atoms with Crippen molar-refractivity contribution in [2.24, 2.45) is 0 Å². The Hall–Kier alpha value is -2.34. The van der Waals surface area contributed by atoms with Crippen LogP contribution in [0.15, 0.2) is 39.7 Å². The minimum Gasteiger partial charge on any atom is -0.444 e. The summed E-state index contributed by atoms with van der Waals surface area (Å²) in [6.07, 6.45) is 0.482. The van der Waals surface area contributed by atoms with Crippen molar-refractivity contribution in [3.8, 4) is 0 Å². The van der Waals surface area contributed by atoms with Gasteiger partial charge in [-0.15, -0.1) is 0 Å². The number of carbonyl (C=O) groups excluding carboxylic acids is 2. The molecule has 0 saturated carbocycles. The molecule has 9 nitrogen and oxygen atoms in total. The zero-order chi connectivity index (χ0) is 29.1. The number of anilines is 1. The molecule has 1 heterocycles. The van der Waals surface area contributed by atoms with Gasteiger partial charge >= 0.3 is 6.09 Å². The van der Waals surface area contributed by atoms with Crippen LogP contribution in [0.1, 0.15) is 55.6 Å². The number of sulfone groups is 1. The molecule has 0 aliphatic carbocycles. The maximum atomic E-state index is 13.0. The van der Waals surface area contributed by atoms with Crippen LogP contribution in [-0.2, 0) is 27.7 Å². The Morgan fingerprint density at radius 3 is 2.56 bits per heavy atom. The number of benzene rings is 2. The van der Waals surface area contributed by atoms with Gasteiger partial charge in [-0.1, -0.05) is 34.5 Å². The van der Waals surface area contributed by atoms with Gasteiger partial charge in [0.15, 0.2) is 9.84 Å². The third kappa shape index (κ3) is 8.09. The molecule has 3 N–H and O–H groups in total. The highest BCUT2D eigenvalue weighted by molar-refractivity contribution is 9.10. The summed E-state index contributed by atoms with van der Waals surface area (Å²) in [7, 11) is -1.73. The maximum absolute atomic E-state index is 13.0. The lowest BCUT2D eigenvalue weighted by Gasteiger charge is -2.28. The second kappa shape index (κ2) is 12.4. The summed E-state index contributed by atoms with van der Waals surface area (Å²) in [5.41, 5.74) is 7.62. The molecule has 1 saturated heterocycles. The number of nitrogens with one attached hydrogen (secondary N) is 1. The van der Waals surface area contributed by atoms with Crippen molar-refractivity contribution in [2.45, 2.75) is 63.7 Å². The van der Waals surface area contributed by atoms with E-state index in [1.54, 1.807) is 31.0 Å². The van der Waals surface area contributed by atoms with Gasteiger partial charge in [0.2, 0.25) is 0 Å². The van der Waals surface area contributed by atoms with Gasteiger partial charge in [0.05, 0.1) is 16.2 Å². The molecular formula is C27H36BrClN4O5S. The van der Waals surface area contributed by atoms with Gasteiger partial charge in [-0.3, -0.25) is 9.69 Å². The molecule has 2 aromatic rings. The third-order valence-electron chi connectivity index (χ3n) is 6.51. The number of amides is 2. The number of hydrogen-bond acceptors (Lipinski definition) is 7. The van der Waals surface area contributed by atoms with Crippen molar-refractivity contribution in [3.05, 3.63) is 56.5 Å². The maximum Gasteiger partial charge on any atom is 0.410 e. The summed E-state index contributed by atoms with van der Waals surface area (Å²) in [4.78, 5) is 29.4. The average Bonchev–Trinajstić information content (AvgIpc) is 3.31. The van der Waals surface area contributed by atoms with Gasteiger partial charge in [-0.05, 0) is 68.7 Å². The highest BCUT2D eigenvalue weighted by atomic mass is 79.9. The predicted octanol–water partition coefficient (Wildman–Crippen LogP) is 4.85. The lowest BCUT2D eigenvalue weighted by molar-refractivity contribution is 0.0228. The summed E-state index contributed by atoms with van der Waals surface area (Å²) in [6.45, 7) is 9.15. The van der Waals surface area contributed by atoms with E-state index >= 15 is 0 Å². The van der Waals surface area contributed by atoms with Crippen LogP contribution in [0.5, 0.6) is 0 Å². The monoisotopic (exact) mass is 642 g/mol. The number of halogens is 2. The van der Waals surface area contributed by atoms with Crippen molar-refractivity contribution in [1.29, 1.82) is 0 Å². The van der Waals surface area contributed by atoms with Crippen LogP contribution < -0.4 is 11.1 Å². The first-order valence-corrected chi connectivity index (χ1v) is 15.5. The molecule has 1 fully saturated rings. The number of ether oxygens (including phenoxy) is 1. The van der Waals surface area contributed by atoms with E-state index in [0.717, 1.165) is 23.0 Å². The van der Waals surface area contributed by atoms with Crippen molar-refractivity contribution in [2.75, 3.05) is 31.6 Å². The minimum atomic E-state index is -3.49. The highest BCUT2D eigenvalue weighted by Gasteiger charge is 2.31. The number of nitrogen functional groups attached to an aromatic ring is 1. The summed E-state index contributed by atoms with van der Waals surface area (Å²) in [5.74, 6) is -0.494. The fraction of sp³-hybridized carbons (Fsp3) is 0.481. The van der Waals surface area contributed by atoms with Crippen LogP contribution in [0.2, 0.25) is 5.02 Å². The normalized spacial score (nSPS) is 16.2. The molecule has 1 atom stereocenters. The molecule has 1 aliphatic rings. The van der Waals surface area contributed by atoms with Crippen LogP contribution in [0.4, 0.5) is 10.5 Å². The predicted molar refractivity (Wildman–Crippen MR) is 157 cm³/mol. The Morgan fingerprint density at radius 2 is 1.92 bits per heavy atom. The highest BCUT2D eigenvalue weighted by Crippen LogP contribution is 2.28. The Morgan fingerprint density at radius 1 is 1.23 bits per heavy atom. The van der Waals surface area contributed by atoms with Gasteiger partial charge in [0, 0.05) is 54.5 Å². The number of likely N-dealkylation sites (N-methyl/N-ethyl adjacent to an activating group) is 1. The van der Waals surface area contributed by atoms with Crippen molar-refractivity contribution in [1.82, 2.24) is 15.1 Å². The lowest BCUT2D eigenvalue weighted by Crippen LogP contribution is -2.42. The smallest absolute Gasteiger partial charge is 0.410 e. The first-order valence-electron chi connectivity index (χ1n) is 12.7. The molecule has 0 aromatic heterocycles. The molecule has 214 valence electrons. The van der Waals surface area contributed by atoms with E-state index in [-0.39, 0.29) is 34.9 Å². The Bertz CT molecular complexity index is 1350. The van der Waals surface area contributed by atoms with Gasteiger partial charge in [0.25, 0.3) is 5.91 Å². The van der Waals surface area contributed by atoms with Crippen molar-refractivity contribution >= 4 is 55.1 Å². The Labute approximate surface area is 244 Å². The lowest BCUT2D eigenvalue weighted by atomic mass is 10.1. The van der Waals surface area contributed by atoms with Crippen LogP contribution in [0, 0.1) is 0 Å². The molecule has 0 spiro atoms. The summed E-state index contributed by atoms with van der Waals surface area (Å²) >= 11 is 9.65. The van der Waals surface area contributed by atoms with E-state index in [1.807, 2.05) is 20.8 Å². The standard InChI is InChI=1S/C27H36BrClN4O5S/c1-6-39(36,37)24-8-7-19(29)11-17(24)14-31-25(34)21-13-22(28)18(12-23(21)30)15-33-10-9-20(16-33)32(5)26(35)38-27(2,3)4/h7-8,11-13,20H,6,9-10,14-16,30H2,1-5H3,(H,31,34)/t20-/m1/s1. The average molecular weight is 644 g/mol. The van der Waals surface area contributed by atoms with E-state index in [9.17, 15) is 18.0 Å². The molecule has 1 aliphatic heterocycles. The molecule has 0 radical (unpaired) electrons. The molecule has 2 aromatic carbocycles. The number of nitrogens with two attached hydrogens (primary N) is 1. The summed E-state index contributed by atoms with van der Waals surface area (Å²) < 4.78 is 31.1. The van der Waals surface area contributed by atoms with Gasteiger partial charge in [-0.25, -0.2) is 13.2 Å². The van der Waals surface area contributed by atoms with E-state index in [1.165, 1.54) is 18.2 Å². The van der Waals surface area contributed by atoms with E-state index < -0.39 is 21.3 Å². The van der Waals surface area contributed by atoms with Gasteiger partial charge in [0.1, 0.15) is 5.60 Å². The van der Waals surface area contributed by atoms with Crippen LogP contribution in [0.3, 0.4) is 0 Å². The van der Waals surface area contributed by atoms with Crippen LogP contribution in [-0.4, -0.2) is 67.8 Å². The van der Waals surface area contributed by atoms with E-state index in [0.29, 0.717) is 29.4 Å². The topological polar surface area (TPSA) is 122 Å². The fourth-order valence-electron chi connectivity index (χ4n) is 4.37. The van der Waals surface area contributed by atoms with Crippen LogP contribution >= 0.6 is 27.5 Å². The van der Waals surface area contributed by atoms with Crippen molar-refractivity contribution in [3.63, 3.8) is 0 Å². The minimum absolute atomic E-state index is 0.0207. The quantitative estimate of drug-likeness (QED) is 0.395. The fourth-order valence-corrected chi connectivity index (χ4v) is 6.15. The van der Waals surface area contributed by atoms with Crippen LogP contribution in [0.25, 0.3) is 0 Å². The zero-order valence-corrected chi connectivity index (χ0v) is 26.0. The zero-order valence-electron chi connectivity index (χ0n) is 22.9. The molecule has 12 heteroatoms. The second-order valence-electron chi connectivity index (χ2n) is 10.6. The molecular weight excluding hydrogens is 608 g/mol. The Kier molecular flexibility index (Phi) is 9.96. The summed E-state index contributed by atoms with van der Waals surface area (Å²) in [5, 5.41) is 3.14. The summed E-state index contributed by atoms with van der Waals surface area (Å²) in [6, 6.07) is 7.97. The molecule has 39 heavy (non-hydrogen) atoms. The largest absolute Gasteiger partial charge is 0.444 e.